The van der Waals surface area contributed by atoms with Crippen LogP contribution < -0.4 is 4.90 Å². The molecule has 0 aromatic heterocycles. The van der Waals surface area contributed by atoms with Crippen LogP contribution in [0.5, 0.6) is 0 Å². The number of nitrogens with zero attached hydrogens (tertiary/aromatic N) is 2. The molecule has 2 nitrogen and oxygen atoms in total. The van der Waals surface area contributed by atoms with Gasteiger partial charge in [-0.2, -0.15) is 5.26 Å². The first-order valence-corrected chi connectivity index (χ1v) is 5.91. The molecule has 0 spiro atoms. The maximum absolute atomic E-state index is 9.10. The number of hydrogen-bond donors (Lipinski definition) is 0. The van der Waals surface area contributed by atoms with E-state index in [0.717, 1.165) is 29.3 Å². The third kappa shape index (κ3) is 2.09. The van der Waals surface area contributed by atoms with E-state index in [0.29, 0.717) is 0 Å². The largest absolute Gasteiger partial charge is 0.374 e. The highest BCUT2D eigenvalue weighted by Gasteiger charge is 2.07. The van der Waals surface area contributed by atoms with Crippen molar-refractivity contribution in [2.45, 2.75) is 13.3 Å². The van der Waals surface area contributed by atoms with E-state index in [-0.39, 0.29) is 0 Å². The average Bonchev–Trinajstić information content (AvgIpc) is 2.37. The Bertz CT molecular complexity index is 567. The molecule has 2 heteroatoms. The molecule has 2 aromatic rings. The van der Waals surface area contributed by atoms with Gasteiger partial charge in [0.2, 0.25) is 0 Å². The molecule has 0 saturated carbocycles. The van der Waals surface area contributed by atoms with Crippen molar-refractivity contribution in [2.24, 2.45) is 0 Å². The van der Waals surface area contributed by atoms with Gasteiger partial charge in [0, 0.05) is 30.1 Å². The van der Waals surface area contributed by atoms with E-state index in [1.165, 1.54) is 5.69 Å². The maximum atomic E-state index is 9.10. The number of nitriles is 1. The van der Waals surface area contributed by atoms with Gasteiger partial charge in [0.05, 0.1) is 11.6 Å². The van der Waals surface area contributed by atoms with Crippen LogP contribution in [0.4, 0.5) is 5.69 Å². The fourth-order valence-corrected chi connectivity index (χ4v) is 2.17. The Morgan fingerprint density at radius 2 is 1.82 bits per heavy atom. The molecular formula is C15H16N2. The second-order valence-electron chi connectivity index (χ2n) is 4.21. The van der Waals surface area contributed by atoms with Crippen LogP contribution in [0.3, 0.4) is 0 Å². The molecule has 0 aliphatic rings. The summed E-state index contributed by atoms with van der Waals surface area (Å²) >= 11 is 0. The van der Waals surface area contributed by atoms with Gasteiger partial charge in [-0.25, -0.2) is 0 Å². The zero-order valence-corrected chi connectivity index (χ0v) is 10.3. The van der Waals surface area contributed by atoms with Crippen LogP contribution in [0.1, 0.15) is 18.9 Å². The number of hydrogen-bond acceptors (Lipinski definition) is 2. The molecule has 0 aliphatic heterocycles. The summed E-state index contributed by atoms with van der Waals surface area (Å²) in [6.45, 7) is 3.19. The van der Waals surface area contributed by atoms with Gasteiger partial charge in [0.1, 0.15) is 0 Å². The molecule has 0 fully saturated rings. The lowest BCUT2D eigenvalue weighted by Crippen LogP contribution is -2.17. The Labute approximate surface area is 102 Å². The van der Waals surface area contributed by atoms with Gasteiger partial charge in [0.25, 0.3) is 0 Å². The molecule has 0 radical (unpaired) electrons. The lowest BCUT2D eigenvalue weighted by Gasteiger charge is -2.20. The van der Waals surface area contributed by atoms with E-state index in [1.54, 1.807) is 0 Å². The van der Waals surface area contributed by atoms with Crippen LogP contribution in [-0.4, -0.2) is 13.6 Å². The molecule has 86 valence electrons. The molecule has 2 aromatic carbocycles. The van der Waals surface area contributed by atoms with Crippen LogP contribution in [0.15, 0.2) is 36.4 Å². The Balaban J connectivity index is 2.63. The fourth-order valence-electron chi connectivity index (χ4n) is 2.17. The number of anilines is 1. The number of rotatable bonds is 3. The van der Waals surface area contributed by atoms with E-state index in [1.807, 2.05) is 30.3 Å². The predicted octanol–water partition coefficient (Wildman–Crippen LogP) is 3.56. The summed E-state index contributed by atoms with van der Waals surface area (Å²) in [7, 11) is 2.09. The first-order valence-electron chi connectivity index (χ1n) is 5.91. The van der Waals surface area contributed by atoms with Crippen LogP contribution in [0.25, 0.3) is 10.8 Å². The third-order valence-electron chi connectivity index (χ3n) is 2.99. The highest BCUT2D eigenvalue weighted by Crippen LogP contribution is 2.28. The summed E-state index contributed by atoms with van der Waals surface area (Å²) in [5.74, 6) is 0. The molecule has 0 atom stereocenters. The van der Waals surface area contributed by atoms with Crippen molar-refractivity contribution < 1.29 is 0 Å². The minimum atomic E-state index is 0.745. The van der Waals surface area contributed by atoms with Crippen LogP contribution >= 0.6 is 0 Å². The van der Waals surface area contributed by atoms with Crippen LogP contribution in [0.2, 0.25) is 0 Å². The summed E-state index contributed by atoms with van der Waals surface area (Å²) < 4.78 is 0. The summed E-state index contributed by atoms with van der Waals surface area (Å²) in [5, 5.41) is 11.3. The Hall–Kier alpha value is -2.01. The van der Waals surface area contributed by atoms with Gasteiger partial charge in [-0.05, 0) is 18.6 Å². The highest BCUT2D eigenvalue weighted by molar-refractivity contribution is 5.97. The fraction of sp³-hybridized carbons (Fsp3) is 0.267. The SMILES string of the molecule is CCCN(C)c1ccc(C#N)c2ccccc12. The van der Waals surface area contributed by atoms with Gasteiger partial charge in [-0.1, -0.05) is 31.2 Å². The summed E-state index contributed by atoms with van der Waals surface area (Å²) in [5.41, 5.74) is 1.94. The minimum Gasteiger partial charge on any atom is -0.374 e. The van der Waals surface area contributed by atoms with Gasteiger partial charge in [-0.3, -0.25) is 0 Å². The van der Waals surface area contributed by atoms with E-state index in [9.17, 15) is 0 Å². The molecule has 0 N–H and O–H groups in total. The lowest BCUT2D eigenvalue weighted by atomic mass is 10.0. The summed E-state index contributed by atoms with van der Waals surface area (Å²) in [4.78, 5) is 2.24. The van der Waals surface area contributed by atoms with Crippen LogP contribution in [-0.2, 0) is 0 Å². The predicted molar refractivity (Wildman–Crippen MR) is 72.2 cm³/mol. The number of fused-ring (bicyclic) bond motifs is 1. The first kappa shape index (κ1) is 11.5. The van der Waals surface area contributed by atoms with Gasteiger partial charge in [-0.15, -0.1) is 0 Å². The molecular weight excluding hydrogens is 208 g/mol. The van der Waals surface area contributed by atoms with Crippen LogP contribution in [0, 0.1) is 11.3 Å². The zero-order valence-electron chi connectivity index (χ0n) is 10.3. The average molecular weight is 224 g/mol. The molecule has 0 unspecified atom stereocenters. The van der Waals surface area contributed by atoms with Crippen molar-refractivity contribution in [1.82, 2.24) is 0 Å². The third-order valence-corrected chi connectivity index (χ3v) is 2.99. The summed E-state index contributed by atoms with van der Waals surface area (Å²) in [6, 6.07) is 14.3. The van der Waals surface area contributed by atoms with Crippen molar-refractivity contribution in [3.63, 3.8) is 0 Å². The highest BCUT2D eigenvalue weighted by atomic mass is 15.1. The standard InChI is InChI=1S/C15H16N2/c1-3-10-17(2)15-9-8-12(11-16)13-6-4-5-7-14(13)15/h4-9H,3,10H2,1-2H3. The lowest BCUT2D eigenvalue weighted by molar-refractivity contribution is 0.855. The smallest absolute Gasteiger partial charge is 0.0998 e. The molecule has 2 rings (SSSR count). The van der Waals surface area contributed by atoms with Crippen molar-refractivity contribution in [3.8, 4) is 6.07 Å². The van der Waals surface area contributed by atoms with Gasteiger partial charge < -0.3 is 4.90 Å². The Kier molecular flexibility index (Phi) is 3.30. The molecule has 17 heavy (non-hydrogen) atoms. The summed E-state index contributed by atoms with van der Waals surface area (Å²) in [6.07, 6.45) is 1.12. The quantitative estimate of drug-likeness (QED) is 0.797. The maximum Gasteiger partial charge on any atom is 0.0998 e. The molecule has 0 heterocycles. The van der Waals surface area contributed by atoms with Crippen molar-refractivity contribution in [2.75, 3.05) is 18.5 Å². The Morgan fingerprint density at radius 1 is 1.12 bits per heavy atom. The van der Waals surface area contributed by atoms with Crippen molar-refractivity contribution in [3.05, 3.63) is 42.0 Å². The van der Waals surface area contributed by atoms with E-state index in [4.69, 9.17) is 5.26 Å². The molecule has 0 saturated heterocycles. The number of benzene rings is 2. The molecule has 0 bridgehead atoms. The molecule has 0 aliphatic carbocycles. The Morgan fingerprint density at radius 3 is 2.47 bits per heavy atom. The molecule has 0 amide bonds. The van der Waals surface area contributed by atoms with E-state index >= 15 is 0 Å². The second-order valence-corrected chi connectivity index (χ2v) is 4.21. The zero-order chi connectivity index (χ0) is 12.3. The van der Waals surface area contributed by atoms with Crippen molar-refractivity contribution in [1.29, 1.82) is 5.26 Å². The van der Waals surface area contributed by atoms with E-state index < -0.39 is 0 Å². The first-order chi connectivity index (χ1) is 8.27. The van der Waals surface area contributed by atoms with Gasteiger partial charge >= 0.3 is 0 Å². The van der Waals surface area contributed by atoms with E-state index in [2.05, 4.69) is 31.0 Å². The normalized spacial score (nSPS) is 10.2. The van der Waals surface area contributed by atoms with Crippen molar-refractivity contribution >= 4 is 16.5 Å². The monoisotopic (exact) mass is 224 g/mol. The minimum absolute atomic E-state index is 0.745. The topological polar surface area (TPSA) is 27.0 Å². The second kappa shape index (κ2) is 4.88. The van der Waals surface area contributed by atoms with Gasteiger partial charge in [0.15, 0.2) is 0 Å².